The number of nitrogens with two attached hydrogens (primary N) is 1. The summed E-state index contributed by atoms with van der Waals surface area (Å²) in [5.41, 5.74) is 8.17. The summed E-state index contributed by atoms with van der Waals surface area (Å²) in [6.45, 7) is 2.76. The van der Waals surface area contributed by atoms with E-state index in [0.717, 1.165) is 4.47 Å². The Morgan fingerprint density at radius 3 is 2.80 bits per heavy atom. The van der Waals surface area contributed by atoms with Crippen LogP contribution < -0.4 is 5.73 Å². The minimum atomic E-state index is 0.683. The van der Waals surface area contributed by atoms with Crippen LogP contribution >= 0.6 is 15.9 Å². The van der Waals surface area contributed by atoms with Crippen LogP contribution in [0.4, 0.5) is 5.82 Å². The Morgan fingerprint density at radius 1 is 1.40 bits per heavy atom. The molecule has 2 rings (SSSR count). The summed E-state index contributed by atoms with van der Waals surface area (Å²) in [6.07, 6.45) is 1.71. The maximum absolute atomic E-state index is 5.75. The molecule has 0 amide bonds. The van der Waals surface area contributed by atoms with E-state index in [1.54, 1.807) is 16.9 Å². The second-order valence-electron chi connectivity index (χ2n) is 3.51. The molecule has 0 aliphatic heterocycles. The molecule has 0 saturated heterocycles. The third kappa shape index (κ3) is 2.21. The van der Waals surface area contributed by atoms with Gasteiger partial charge in [-0.3, -0.25) is 0 Å². The minimum absolute atomic E-state index is 0.683. The lowest BCUT2D eigenvalue weighted by atomic mass is 10.1. The molecule has 0 radical (unpaired) electrons. The van der Waals surface area contributed by atoms with Gasteiger partial charge in [0.25, 0.3) is 0 Å². The van der Waals surface area contributed by atoms with Crippen molar-refractivity contribution in [2.75, 3.05) is 5.73 Å². The van der Waals surface area contributed by atoms with Gasteiger partial charge in [0.05, 0.1) is 12.7 Å². The SMILES string of the molecule is Cc1ccc(Cn2nccc2N)c(Br)c1. The molecule has 78 valence electrons. The molecule has 0 atom stereocenters. The van der Waals surface area contributed by atoms with E-state index in [0.29, 0.717) is 12.4 Å². The molecular formula is C11H12BrN3. The summed E-state index contributed by atoms with van der Waals surface area (Å²) in [5, 5.41) is 4.15. The third-order valence-electron chi connectivity index (χ3n) is 2.28. The average molecular weight is 266 g/mol. The Morgan fingerprint density at radius 2 is 2.20 bits per heavy atom. The second kappa shape index (κ2) is 4.06. The molecule has 2 aromatic rings. The van der Waals surface area contributed by atoms with Crippen molar-refractivity contribution in [2.24, 2.45) is 0 Å². The van der Waals surface area contributed by atoms with Crippen molar-refractivity contribution in [2.45, 2.75) is 13.5 Å². The number of rotatable bonds is 2. The zero-order valence-electron chi connectivity index (χ0n) is 8.44. The van der Waals surface area contributed by atoms with Crippen molar-refractivity contribution in [3.63, 3.8) is 0 Å². The Balaban J connectivity index is 2.29. The summed E-state index contributed by atoms with van der Waals surface area (Å²) in [6, 6.07) is 8.05. The fourth-order valence-corrected chi connectivity index (χ4v) is 2.04. The van der Waals surface area contributed by atoms with Crippen molar-refractivity contribution >= 4 is 21.7 Å². The summed E-state index contributed by atoms with van der Waals surface area (Å²) < 4.78 is 2.87. The van der Waals surface area contributed by atoms with Gasteiger partial charge in [0.1, 0.15) is 5.82 Å². The molecule has 0 saturated carbocycles. The first-order chi connectivity index (χ1) is 7.16. The first kappa shape index (κ1) is 10.2. The normalized spacial score (nSPS) is 10.5. The molecule has 1 aromatic heterocycles. The van der Waals surface area contributed by atoms with E-state index < -0.39 is 0 Å². The highest BCUT2D eigenvalue weighted by Gasteiger charge is 2.03. The van der Waals surface area contributed by atoms with Gasteiger partial charge < -0.3 is 5.73 Å². The Kier molecular flexibility index (Phi) is 2.77. The van der Waals surface area contributed by atoms with Crippen molar-refractivity contribution in [3.8, 4) is 0 Å². The predicted molar refractivity (Wildman–Crippen MR) is 64.6 cm³/mol. The molecule has 0 aliphatic carbocycles. The van der Waals surface area contributed by atoms with Crippen molar-refractivity contribution in [1.82, 2.24) is 9.78 Å². The number of hydrogen-bond donors (Lipinski definition) is 1. The van der Waals surface area contributed by atoms with Gasteiger partial charge >= 0.3 is 0 Å². The van der Waals surface area contributed by atoms with Gasteiger partial charge in [-0.05, 0) is 30.2 Å². The van der Waals surface area contributed by atoms with E-state index >= 15 is 0 Å². The highest BCUT2D eigenvalue weighted by atomic mass is 79.9. The lowest BCUT2D eigenvalue weighted by Crippen LogP contribution is -2.06. The number of nitrogens with zero attached hydrogens (tertiary/aromatic N) is 2. The minimum Gasteiger partial charge on any atom is -0.384 e. The summed E-state index contributed by atoms with van der Waals surface area (Å²) >= 11 is 3.54. The van der Waals surface area contributed by atoms with Crippen LogP contribution in [-0.2, 0) is 6.54 Å². The first-order valence-electron chi connectivity index (χ1n) is 4.69. The Hall–Kier alpha value is -1.29. The lowest BCUT2D eigenvalue weighted by Gasteiger charge is -2.07. The van der Waals surface area contributed by atoms with Crippen LogP contribution in [0.2, 0.25) is 0 Å². The van der Waals surface area contributed by atoms with Gasteiger partial charge in [0.2, 0.25) is 0 Å². The second-order valence-corrected chi connectivity index (χ2v) is 4.36. The molecule has 0 unspecified atom stereocenters. The maximum atomic E-state index is 5.75. The molecule has 1 aromatic carbocycles. The standard InChI is InChI=1S/C11H12BrN3/c1-8-2-3-9(10(12)6-8)7-15-11(13)4-5-14-15/h2-6H,7,13H2,1H3. The van der Waals surface area contributed by atoms with Crippen molar-refractivity contribution < 1.29 is 0 Å². The highest BCUT2D eigenvalue weighted by molar-refractivity contribution is 9.10. The van der Waals surface area contributed by atoms with Crippen molar-refractivity contribution in [1.29, 1.82) is 0 Å². The molecule has 0 bridgehead atoms. The zero-order valence-corrected chi connectivity index (χ0v) is 10.0. The van der Waals surface area contributed by atoms with Crippen LogP contribution in [0.1, 0.15) is 11.1 Å². The van der Waals surface area contributed by atoms with Crippen LogP contribution in [-0.4, -0.2) is 9.78 Å². The number of hydrogen-bond acceptors (Lipinski definition) is 2. The van der Waals surface area contributed by atoms with E-state index in [2.05, 4.69) is 46.2 Å². The number of halogens is 1. The van der Waals surface area contributed by atoms with Gasteiger partial charge in [-0.2, -0.15) is 5.10 Å². The molecule has 4 heteroatoms. The summed E-state index contributed by atoms with van der Waals surface area (Å²) in [4.78, 5) is 0. The van der Waals surface area contributed by atoms with Gasteiger partial charge in [0.15, 0.2) is 0 Å². The topological polar surface area (TPSA) is 43.8 Å². The number of aromatic nitrogens is 2. The highest BCUT2D eigenvalue weighted by Crippen LogP contribution is 2.19. The van der Waals surface area contributed by atoms with Crippen molar-refractivity contribution in [3.05, 3.63) is 46.1 Å². The smallest absolute Gasteiger partial charge is 0.122 e. The first-order valence-corrected chi connectivity index (χ1v) is 5.48. The van der Waals surface area contributed by atoms with E-state index in [1.807, 2.05) is 0 Å². The predicted octanol–water partition coefficient (Wildman–Crippen LogP) is 2.58. The summed E-state index contributed by atoms with van der Waals surface area (Å²) in [5.74, 6) is 0.683. The lowest BCUT2D eigenvalue weighted by molar-refractivity contribution is 0.695. The van der Waals surface area contributed by atoms with E-state index in [-0.39, 0.29) is 0 Å². The Labute approximate surface area is 97.0 Å². The number of aryl methyl sites for hydroxylation is 1. The van der Waals surface area contributed by atoms with Crippen LogP contribution in [0.3, 0.4) is 0 Å². The molecule has 2 N–H and O–H groups in total. The van der Waals surface area contributed by atoms with Gasteiger partial charge in [-0.1, -0.05) is 28.1 Å². The van der Waals surface area contributed by atoms with Gasteiger partial charge in [0, 0.05) is 4.47 Å². The van der Waals surface area contributed by atoms with E-state index in [4.69, 9.17) is 5.73 Å². The van der Waals surface area contributed by atoms with Crippen LogP contribution in [0.15, 0.2) is 34.9 Å². The molecular weight excluding hydrogens is 254 g/mol. The largest absolute Gasteiger partial charge is 0.384 e. The van der Waals surface area contributed by atoms with Crippen LogP contribution in [0.5, 0.6) is 0 Å². The number of benzene rings is 1. The molecule has 15 heavy (non-hydrogen) atoms. The third-order valence-corrected chi connectivity index (χ3v) is 3.02. The van der Waals surface area contributed by atoms with Gasteiger partial charge in [-0.15, -0.1) is 0 Å². The van der Waals surface area contributed by atoms with E-state index in [1.165, 1.54) is 11.1 Å². The van der Waals surface area contributed by atoms with E-state index in [9.17, 15) is 0 Å². The summed E-state index contributed by atoms with van der Waals surface area (Å²) in [7, 11) is 0. The van der Waals surface area contributed by atoms with Gasteiger partial charge in [-0.25, -0.2) is 4.68 Å². The zero-order chi connectivity index (χ0) is 10.8. The molecule has 0 fully saturated rings. The quantitative estimate of drug-likeness (QED) is 0.907. The fraction of sp³-hybridized carbons (Fsp3) is 0.182. The fourth-order valence-electron chi connectivity index (χ4n) is 1.42. The Bertz CT molecular complexity index is 476. The average Bonchev–Trinajstić information content (AvgIpc) is 2.57. The van der Waals surface area contributed by atoms with Crippen LogP contribution in [0.25, 0.3) is 0 Å². The molecule has 1 heterocycles. The molecule has 0 spiro atoms. The maximum Gasteiger partial charge on any atom is 0.122 e. The van der Waals surface area contributed by atoms with Crippen LogP contribution in [0, 0.1) is 6.92 Å². The number of nitrogen functional groups attached to an aromatic ring is 1. The molecule has 3 nitrogen and oxygen atoms in total. The number of anilines is 1. The molecule has 0 aliphatic rings. The monoisotopic (exact) mass is 265 g/mol.